The van der Waals surface area contributed by atoms with Gasteiger partial charge in [-0.15, -0.1) is 10.2 Å². The van der Waals surface area contributed by atoms with E-state index in [1.54, 1.807) is 6.92 Å². The van der Waals surface area contributed by atoms with Gasteiger partial charge in [-0.25, -0.2) is 4.79 Å². The Labute approximate surface area is 112 Å². The maximum absolute atomic E-state index is 11.3. The first-order valence-electron chi connectivity index (χ1n) is 5.43. The van der Waals surface area contributed by atoms with Gasteiger partial charge in [0.05, 0.1) is 13.0 Å². The number of rotatable bonds is 4. The number of carbonyl (C=O) groups excluding carboxylic acids is 1. The molecule has 5 nitrogen and oxygen atoms in total. The molecule has 0 saturated heterocycles. The highest BCUT2D eigenvalue weighted by Gasteiger charge is 2.15. The van der Waals surface area contributed by atoms with E-state index < -0.39 is 5.97 Å². The lowest BCUT2D eigenvalue weighted by Crippen LogP contribution is -2.04. The summed E-state index contributed by atoms with van der Waals surface area (Å²) in [5, 5.41) is 7.46. The quantitative estimate of drug-likeness (QED) is 0.812. The predicted molar refractivity (Wildman–Crippen MR) is 67.2 cm³/mol. The largest absolute Gasteiger partial charge is 0.459 e. The van der Waals surface area contributed by atoms with Gasteiger partial charge in [0.25, 0.3) is 0 Å². The van der Waals surface area contributed by atoms with Crippen LogP contribution in [0.2, 0.25) is 0 Å². The second-order valence-electron chi connectivity index (χ2n) is 3.53. The van der Waals surface area contributed by atoms with Crippen molar-refractivity contribution in [3.05, 3.63) is 46.1 Å². The molecule has 0 aliphatic rings. The normalized spacial score (nSPS) is 10.3. The van der Waals surface area contributed by atoms with E-state index in [4.69, 9.17) is 9.15 Å². The summed E-state index contributed by atoms with van der Waals surface area (Å²) >= 11 is 3.38. The van der Waals surface area contributed by atoms with Crippen LogP contribution >= 0.6 is 15.9 Å². The minimum absolute atomic E-state index is 0.109. The van der Waals surface area contributed by atoms with Crippen molar-refractivity contribution in [2.45, 2.75) is 13.3 Å². The van der Waals surface area contributed by atoms with E-state index >= 15 is 0 Å². The number of carbonyl (C=O) groups is 1. The molecule has 18 heavy (non-hydrogen) atoms. The van der Waals surface area contributed by atoms with Crippen LogP contribution in [-0.2, 0) is 11.2 Å². The van der Waals surface area contributed by atoms with Gasteiger partial charge in [-0.3, -0.25) is 0 Å². The first kappa shape index (κ1) is 12.8. The standard InChI is InChI=1S/C12H11BrN2O3/c1-2-17-12(16)11-15-14-10(18-11)7-8-4-3-5-9(13)6-8/h3-6H,2,7H2,1H3. The maximum atomic E-state index is 11.3. The van der Waals surface area contributed by atoms with Crippen molar-refractivity contribution in [3.8, 4) is 0 Å². The molecular weight excluding hydrogens is 300 g/mol. The molecule has 2 rings (SSSR count). The Hall–Kier alpha value is -1.69. The lowest BCUT2D eigenvalue weighted by atomic mass is 10.1. The van der Waals surface area contributed by atoms with E-state index in [9.17, 15) is 4.79 Å². The van der Waals surface area contributed by atoms with E-state index in [1.165, 1.54) is 0 Å². The van der Waals surface area contributed by atoms with E-state index in [2.05, 4.69) is 26.1 Å². The van der Waals surface area contributed by atoms with Gasteiger partial charge in [-0.1, -0.05) is 28.1 Å². The molecule has 0 bridgehead atoms. The number of ether oxygens (including phenoxy) is 1. The third kappa shape index (κ3) is 3.16. The summed E-state index contributed by atoms with van der Waals surface area (Å²) in [6.45, 7) is 2.00. The minimum atomic E-state index is -0.592. The number of hydrogen-bond donors (Lipinski definition) is 0. The average Bonchev–Trinajstić information content (AvgIpc) is 2.78. The molecule has 1 heterocycles. The second-order valence-corrected chi connectivity index (χ2v) is 4.44. The van der Waals surface area contributed by atoms with Gasteiger partial charge in [-0.2, -0.15) is 0 Å². The van der Waals surface area contributed by atoms with Crippen molar-refractivity contribution in [2.24, 2.45) is 0 Å². The molecule has 0 atom stereocenters. The van der Waals surface area contributed by atoms with Crippen molar-refractivity contribution >= 4 is 21.9 Å². The first-order valence-corrected chi connectivity index (χ1v) is 6.22. The van der Waals surface area contributed by atoms with Crippen molar-refractivity contribution < 1.29 is 13.9 Å². The van der Waals surface area contributed by atoms with E-state index in [0.717, 1.165) is 10.0 Å². The van der Waals surface area contributed by atoms with Crippen molar-refractivity contribution in [1.82, 2.24) is 10.2 Å². The summed E-state index contributed by atoms with van der Waals surface area (Å²) in [5.41, 5.74) is 1.02. The Balaban J connectivity index is 2.09. The number of esters is 1. The highest BCUT2D eigenvalue weighted by molar-refractivity contribution is 9.10. The number of aromatic nitrogens is 2. The molecule has 6 heteroatoms. The Morgan fingerprint density at radius 1 is 1.44 bits per heavy atom. The fraction of sp³-hybridized carbons (Fsp3) is 0.250. The SMILES string of the molecule is CCOC(=O)c1nnc(Cc2cccc(Br)c2)o1. The predicted octanol–water partition coefficient (Wildman–Crippen LogP) is 2.60. The minimum Gasteiger partial charge on any atom is -0.459 e. The molecule has 2 aromatic rings. The molecule has 0 fully saturated rings. The van der Waals surface area contributed by atoms with Crippen LogP contribution in [0.1, 0.15) is 29.1 Å². The molecule has 0 radical (unpaired) electrons. The Kier molecular flexibility index (Phi) is 4.09. The fourth-order valence-corrected chi connectivity index (χ4v) is 1.87. The van der Waals surface area contributed by atoms with Crippen LogP contribution < -0.4 is 0 Å². The molecule has 0 N–H and O–H groups in total. The first-order chi connectivity index (χ1) is 8.69. The van der Waals surface area contributed by atoms with Crippen LogP contribution in [0.4, 0.5) is 0 Å². The van der Waals surface area contributed by atoms with Gasteiger partial charge in [0.15, 0.2) is 0 Å². The molecule has 1 aromatic heterocycles. The third-order valence-electron chi connectivity index (χ3n) is 2.16. The molecule has 0 spiro atoms. The summed E-state index contributed by atoms with van der Waals surface area (Å²) < 4.78 is 11.0. The monoisotopic (exact) mass is 310 g/mol. The molecule has 1 aromatic carbocycles. The smallest absolute Gasteiger partial charge is 0.396 e. The maximum Gasteiger partial charge on any atom is 0.396 e. The van der Waals surface area contributed by atoms with E-state index in [-0.39, 0.29) is 12.5 Å². The van der Waals surface area contributed by atoms with Gasteiger partial charge in [0.2, 0.25) is 5.89 Å². The van der Waals surface area contributed by atoms with Crippen LogP contribution in [-0.4, -0.2) is 22.8 Å². The van der Waals surface area contributed by atoms with Crippen molar-refractivity contribution in [3.63, 3.8) is 0 Å². The molecule has 0 saturated carbocycles. The Bertz CT molecular complexity index is 554. The number of nitrogens with zero attached hydrogens (tertiary/aromatic N) is 2. The molecular formula is C12H11BrN2O3. The Morgan fingerprint density at radius 3 is 3.00 bits per heavy atom. The zero-order valence-electron chi connectivity index (χ0n) is 9.72. The van der Waals surface area contributed by atoms with Crippen LogP contribution in [0.15, 0.2) is 33.2 Å². The third-order valence-corrected chi connectivity index (χ3v) is 2.65. The van der Waals surface area contributed by atoms with Gasteiger partial charge < -0.3 is 9.15 Å². The van der Waals surface area contributed by atoms with E-state index in [0.29, 0.717) is 12.3 Å². The van der Waals surface area contributed by atoms with Gasteiger partial charge in [-0.05, 0) is 24.6 Å². The summed E-state index contributed by atoms with van der Waals surface area (Å²) in [5.74, 6) is -0.316. The lowest BCUT2D eigenvalue weighted by molar-refractivity contribution is 0.0479. The van der Waals surface area contributed by atoms with Crippen LogP contribution in [0.3, 0.4) is 0 Å². The zero-order valence-corrected chi connectivity index (χ0v) is 11.3. The number of halogens is 1. The summed E-state index contributed by atoms with van der Waals surface area (Å²) in [6, 6.07) is 7.75. The summed E-state index contributed by atoms with van der Waals surface area (Å²) in [4.78, 5) is 11.3. The Morgan fingerprint density at radius 2 is 2.28 bits per heavy atom. The lowest BCUT2D eigenvalue weighted by Gasteiger charge is -1.97. The summed E-state index contributed by atoms with van der Waals surface area (Å²) in [6.07, 6.45) is 0.478. The van der Waals surface area contributed by atoms with Crippen LogP contribution in [0, 0.1) is 0 Å². The second kappa shape index (κ2) is 5.77. The van der Waals surface area contributed by atoms with Crippen LogP contribution in [0.5, 0.6) is 0 Å². The summed E-state index contributed by atoms with van der Waals surface area (Å²) in [7, 11) is 0. The highest BCUT2D eigenvalue weighted by Crippen LogP contribution is 2.15. The van der Waals surface area contributed by atoms with Crippen LogP contribution in [0.25, 0.3) is 0 Å². The van der Waals surface area contributed by atoms with E-state index in [1.807, 2.05) is 24.3 Å². The van der Waals surface area contributed by atoms with Crippen molar-refractivity contribution in [1.29, 1.82) is 0 Å². The molecule has 0 aliphatic carbocycles. The molecule has 0 amide bonds. The number of hydrogen-bond acceptors (Lipinski definition) is 5. The zero-order chi connectivity index (χ0) is 13.0. The number of benzene rings is 1. The highest BCUT2D eigenvalue weighted by atomic mass is 79.9. The molecule has 0 aliphatic heterocycles. The van der Waals surface area contributed by atoms with Crippen molar-refractivity contribution in [2.75, 3.05) is 6.61 Å². The van der Waals surface area contributed by atoms with Gasteiger partial charge in [0, 0.05) is 4.47 Å². The average molecular weight is 311 g/mol. The van der Waals surface area contributed by atoms with Gasteiger partial charge >= 0.3 is 11.9 Å². The molecule has 0 unspecified atom stereocenters. The topological polar surface area (TPSA) is 65.2 Å². The molecule has 94 valence electrons. The van der Waals surface area contributed by atoms with Gasteiger partial charge in [0.1, 0.15) is 0 Å². The fourth-order valence-electron chi connectivity index (χ4n) is 1.42.